The number of carbonyl (C=O) groups is 1. The molecular formula is C22H18F2N4O3S. The molecule has 0 bridgehead atoms. The van der Waals surface area contributed by atoms with Crippen molar-refractivity contribution >= 4 is 32.5 Å². The van der Waals surface area contributed by atoms with E-state index < -0.39 is 38.7 Å². The van der Waals surface area contributed by atoms with Crippen molar-refractivity contribution in [1.29, 1.82) is 0 Å². The highest BCUT2D eigenvalue weighted by atomic mass is 32.2. The molecule has 7 nitrogen and oxygen atoms in total. The van der Waals surface area contributed by atoms with Gasteiger partial charge in [-0.05, 0) is 36.8 Å². The van der Waals surface area contributed by atoms with Crippen molar-refractivity contribution in [3.8, 4) is 11.3 Å². The molecule has 10 heteroatoms. The molecule has 0 unspecified atom stereocenters. The van der Waals surface area contributed by atoms with Crippen LogP contribution >= 0.6 is 0 Å². The number of H-pyrrole nitrogens is 1. The molecule has 0 aliphatic carbocycles. The van der Waals surface area contributed by atoms with Crippen LogP contribution < -0.4 is 4.72 Å². The molecule has 164 valence electrons. The van der Waals surface area contributed by atoms with E-state index in [1.807, 2.05) is 0 Å². The van der Waals surface area contributed by atoms with Gasteiger partial charge in [-0.2, -0.15) is 0 Å². The van der Waals surface area contributed by atoms with E-state index in [4.69, 9.17) is 0 Å². The molecule has 4 aromatic rings. The fraction of sp³-hybridized carbons (Fsp3) is 0.136. The number of nitrogens with one attached hydrogen (secondary N) is 2. The number of aromatic amines is 1. The van der Waals surface area contributed by atoms with E-state index in [9.17, 15) is 17.6 Å². The number of benzene rings is 1. The molecule has 32 heavy (non-hydrogen) atoms. The van der Waals surface area contributed by atoms with Crippen molar-refractivity contribution < 1.29 is 22.0 Å². The minimum Gasteiger partial charge on any atom is -0.345 e. The van der Waals surface area contributed by atoms with Crippen LogP contribution in [0.2, 0.25) is 0 Å². The maximum Gasteiger partial charge on any atom is 0.232 e. The van der Waals surface area contributed by atoms with Gasteiger partial charge in [0.05, 0.1) is 22.7 Å². The maximum atomic E-state index is 15.1. The van der Waals surface area contributed by atoms with Gasteiger partial charge in [-0.1, -0.05) is 13.0 Å². The highest BCUT2D eigenvalue weighted by Crippen LogP contribution is 2.29. The minimum atomic E-state index is -3.83. The average Bonchev–Trinajstić information content (AvgIpc) is 3.19. The number of nitrogens with zero attached hydrogens (tertiary/aromatic N) is 2. The van der Waals surface area contributed by atoms with Crippen LogP contribution in [-0.4, -0.2) is 34.9 Å². The van der Waals surface area contributed by atoms with Crippen LogP contribution in [0.1, 0.15) is 29.3 Å². The van der Waals surface area contributed by atoms with Gasteiger partial charge in [0.2, 0.25) is 15.8 Å². The Bertz CT molecular complexity index is 1420. The van der Waals surface area contributed by atoms with Gasteiger partial charge in [0.25, 0.3) is 0 Å². The molecule has 4 rings (SSSR count). The lowest BCUT2D eigenvalue weighted by atomic mass is 10.0. The molecule has 0 aliphatic rings. The second kappa shape index (κ2) is 8.46. The third kappa shape index (κ3) is 4.09. The van der Waals surface area contributed by atoms with Gasteiger partial charge < -0.3 is 4.98 Å². The number of fused-ring (bicyclic) bond motifs is 1. The number of sulfonamides is 1. The SMILES string of the molecule is CCCS(=O)(=O)Nc1ccc(F)c(C(=O)c2c[nH]c3ncc(-c4ccccn4)cc23)c1F. The van der Waals surface area contributed by atoms with Gasteiger partial charge in [0.15, 0.2) is 5.82 Å². The Balaban J connectivity index is 1.79. The maximum absolute atomic E-state index is 15.1. The molecule has 0 amide bonds. The highest BCUT2D eigenvalue weighted by molar-refractivity contribution is 7.92. The predicted octanol–water partition coefficient (Wildman–Crippen LogP) is 4.29. The summed E-state index contributed by atoms with van der Waals surface area (Å²) in [6, 6.07) is 8.77. The fourth-order valence-corrected chi connectivity index (χ4v) is 4.46. The Morgan fingerprint density at radius 1 is 1.16 bits per heavy atom. The molecule has 0 fully saturated rings. The van der Waals surface area contributed by atoms with Crippen LogP contribution in [0.5, 0.6) is 0 Å². The first-order chi connectivity index (χ1) is 15.3. The monoisotopic (exact) mass is 456 g/mol. The summed E-state index contributed by atoms with van der Waals surface area (Å²) in [5.74, 6) is -3.56. The molecule has 3 heterocycles. The molecule has 0 saturated carbocycles. The Morgan fingerprint density at radius 2 is 1.97 bits per heavy atom. The molecule has 0 atom stereocenters. The third-order valence-corrected chi connectivity index (χ3v) is 6.27. The first-order valence-corrected chi connectivity index (χ1v) is 11.4. The van der Waals surface area contributed by atoms with Crippen molar-refractivity contribution in [2.75, 3.05) is 10.5 Å². The van der Waals surface area contributed by atoms with Crippen LogP contribution in [0, 0.1) is 11.6 Å². The molecule has 0 aliphatic heterocycles. The van der Waals surface area contributed by atoms with Crippen LogP contribution in [0.4, 0.5) is 14.5 Å². The van der Waals surface area contributed by atoms with E-state index >= 15 is 4.39 Å². The summed E-state index contributed by atoms with van der Waals surface area (Å²) in [5.41, 5.74) is 0.242. The second-order valence-electron chi connectivity index (χ2n) is 7.07. The van der Waals surface area contributed by atoms with Gasteiger partial charge >= 0.3 is 0 Å². The van der Waals surface area contributed by atoms with Gasteiger partial charge in [-0.3, -0.25) is 14.5 Å². The van der Waals surface area contributed by atoms with Crippen molar-refractivity contribution in [2.45, 2.75) is 13.3 Å². The zero-order chi connectivity index (χ0) is 22.9. The largest absolute Gasteiger partial charge is 0.345 e. The van der Waals surface area contributed by atoms with E-state index in [-0.39, 0.29) is 11.3 Å². The molecule has 1 aromatic carbocycles. The highest BCUT2D eigenvalue weighted by Gasteiger charge is 2.26. The zero-order valence-corrected chi connectivity index (χ0v) is 17.7. The minimum absolute atomic E-state index is 0.00311. The first-order valence-electron chi connectivity index (χ1n) is 9.72. The van der Waals surface area contributed by atoms with E-state index in [1.165, 1.54) is 6.20 Å². The normalized spacial score (nSPS) is 11.6. The molecule has 0 saturated heterocycles. The zero-order valence-electron chi connectivity index (χ0n) is 16.9. The Kier molecular flexibility index (Phi) is 5.70. The van der Waals surface area contributed by atoms with Gasteiger partial charge in [0, 0.05) is 35.1 Å². The van der Waals surface area contributed by atoms with Gasteiger partial charge in [-0.25, -0.2) is 22.2 Å². The Labute approximate surface area is 182 Å². The number of aromatic nitrogens is 3. The lowest BCUT2D eigenvalue weighted by Crippen LogP contribution is -2.18. The van der Waals surface area contributed by atoms with Crippen molar-refractivity contribution in [3.63, 3.8) is 0 Å². The van der Waals surface area contributed by atoms with Crippen LogP contribution in [0.15, 0.2) is 55.0 Å². The number of carbonyl (C=O) groups excluding carboxylic acids is 1. The molecule has 0 spiro atoms. The summed E-state index contributed by atoms with van der Waals surface area (Å²) in [5, 5.41) is 0.355. The molecule has 3 aromatic heterocycles. The summed E-state index contributed by atoms with van der Waals surface area (Å²) in [6.07, 6.45) is 4.80. The summed E-state index contributed by atoms with van der Waals surface area (Å²) in [7, 11) is -3.83. The van der Waals surface area contributed by atoms with E-state index in [1.54, 1.807) is 43.6 Å². The van der Waals surface area contributed by atoms with Gasteiger partial charge in [0.1, 0.15) is 11.5 Å². The van der Waals surface area contributed by atoms with Crippen LogP contribution in [-0.2, 0) is 10.0 Å². The summed E-state index contributed by atoms with van der Waals surface area (Å²) < 4.78 is 55.7. The lowest BCUT2D eigenvalue weighted by molar-refractivity contribution is 0.103. The number of anilines is 1. The number of hydrogen-bond donors (Lipinski definition) is 2. The van der Waals surface area contributed by atoms with Crippen molar-refractivity contribution in [2.24, 2.45) is 0 Å². The van der Waals surface area contributed by atoms with Crippen LogP contribution in [0.3, 0.4) is 0 Å². The smallest absolute Gasteiger partial charge is 0.232 e. The number of pyridine rings is 2. The lowest BCUT2D eigenvalue weighted by Gasteiger charge is -2.11. The first kappa shape index (κ1) is 21.6. The molecule has 2 N–H and O–H groups in total. The summed E-state index contributed by atoms with van der Waals surface area (Å²) in [4.78, 5) is 24.5. The number of ketones is 1. The number of halogens is 2. The molecule has 0 radical (unpaired) electrons. The van der Waals surface area contributed by atoms with Gasteiger partial charge in [-0.15, -0.1) is 0 Å². The number of hydrogen-bond acceptors (Lipinski definition) is 5. The van der Waals surface area contributed by atoms with Crippen molar-refractivity contribution in [3.05, 3.63) is 77.8 Å². The Hall–Kier alpha value is -3.66. The number of rotatable bonds is 7. The average molecular weight is 456 g/mol. The Morgan fingerprint density at radius 3 is 2.69 bits per heavy atom. The van der Waals surface area contributed by atoms with Crippen molar-refractivity contribution in [1.82, 2.24) is 15.0 Å². The van der Waals surface area contributed by atoms with E-state index in [0.717, 1.165) is 12.1 Å². The topological polar surface area (TPSA) is 105 Å². The second-order valence-corrected chi connectivity index (χ2v) is 8.91. The standard InChI is InChI=1S/C22H18F2N4O3S/c1-2-9-32(30,31)28-18-7-6-16(23)19(20(18)24)21(29)15-12-27-22-14(15)10-13(11-26-22)17-5-3-4-8-25-17/h3-8,10-12,28H,2,9H2,1H3,(H,26,27). The fourth-order valence-electron chi connectivity index (χ4n) is 3.33. The van der Waals surface area contributed by atoms with Crippen LogP contribution in [0.25, 0.3) is 22.3 Å². The quantitative estimate of drug-likeness (QED) is 0.404. The van der Waals surface area contributed by atoms with E-state index in [2.05, 4.69) is 19.7 Å². The van der Waals surface area contributed by atoms with E-state index in [0.29, 0.717) is 28.7 Å². The summed E-state index contributed by atoms with van der Waals surface area (Å²) >= 11 is 0. The molecular weight excluding hydrogens is 438 g/mol. The summed E-state index contributed by atoms with van der Waals surface area (Å²) in [6.45, 7) is 1.65. The predicted molar refractivity (Wildman–Crippen MR) is 117 cm³/mol. The third-order valence-electron chi connectivity index (χ3n) is 4.79.